The van der Waals surface area contributed by atoms with Gasteiger partial charge in [0.25, 0.3) is 0 Å². The van der Waals surface area contributed by atoms with Gasteiger partial charge in [-0.25, -0.2) is 9.97 Å². The highest BCUT2D eigenvalue weighted by Gasteiger charge is 2.21. The van der Waals surface area contributed by atoms with E-state index in [1.165, 1.54) is 34.0 Å². The largest absolute Gasteiger partial charge is 0.353 e. The lowest BCUT2D eigenvalue weighted by Crippen LogP contribution is -2.37. The summed E-state index contributed by atoms with van der Waals surface area (Å²) in [6.07, 6.45) is 5.12. The molecule has 2 heterocycles. The predicted molar refractivity (Wildman–Crippen MR) is 92.6 cm³/mol. The summed E-state index contributed by atoms with van der Waals surface area (Å²) in [5.74, 6) is 0.929. The molecule has 3 rings (SSSR count). The topological polar surface area (TPSA) is 54.9 Å². The monoisotopic (exact) mass is 335 g/mol. The molecule has 2 aromatic rings. The number of fused-ring (bicyclic) bond motifs is 3. The van der Waals surface area contributed by atoms with Crippen molar-refractivity contribution in [3.05, 3.63) is 16.8 Å². The number of thioether (sulfide) groups is 1. The number of hydrogen-bond acceptors (Lipinski definition) is 5. The first-order valence-corrected chi connectivity index (χ1v) is 9.54. The third kappa shape index (κ3) is 3.13. The molecule has 1 aliphatic rings. The molecule has 0 radical (unpaired) electrons. The summed E-state index contributed by atoms with van der Waals surface area (Å²) in [6.45, 7) is 6.27. The standard InChI is InChI=1S/C16H21N3OS2/c1-9(2)10(3)19-13(20)7-21-15-14-11-5-4-6-12(11)22-16(14)18-8-17-15/h8-10H,4-7H2,1-3H3,(H,19,20)/t10-/m0/s1. The van der Waals surface area contributed by atoms with Crippen molar-refractivity contribution in [2.45, 2.75) is 51.1 Å². The number of hydrogen-bond donors (Lipinski definition) is 1. The van der Waals surface area contributed by atoms with Crippen molar-refractivity contribution in [1.29, 1.82) is 0 Å². The molecule has 0 unspecified atom stereocenters. The number of nitrogens with zero attached hydrogens (tertiary/aromatic N) is 2. The maximum Gasteiger partial charge on any atom is 0.230 e. The minimum Gasteiger partial charge on any atom is -0.353 e. The molecule has 0 bridgehead atoms. The fourth-order valence-electron chi connectivity index (χ4n) is 2.61. The summed E-state index contributed by atoms with van der Waals surface area (Å²) in [7, 11) is 0. The Morgan fingerprint density at radius 3 is 2.95 bits per heavy atom. The molecule has 1 amide bonds. The van der Waals surface area contributed by atoms with E-state index in [1.807, 2.05) is 6.92 Å². The van der Waals surface area contributed by atoms with E-state index in [4.69, 9.17) is 0 Å². The molecule has 6 heteroatoms. The van der Waals surface area contributed by atoms with Crippen LogP contribution in [0, 0.1) is 5.92 Å². The average molecular weight is 335 g/mol. The van der Waals surface area contributed by atoms with Gasteiger partial charge in [0.1, 0.15) is 16.2 Å². The first-order chi connectivity index (χ1) is 10.6. The molecule has 0 saturated heterocycles. The summed E-state index contributed by atoms with van der Waals surface area (Å²) >= 11 is 3.31. The second kappa shape index (κ2) is 6.54. The average Bonchev–Trinajstić information content (AvgIpc) is 3.05. The number of amides is 1. The smallest absolute Gasteiger partial charge is 0.230 e. The van der Waals surface area contributed by atoms with Gasteiger partial charge in [-0.3, -0.25) is 4.79 Å². The third-order valence-electron chi connectivity index (χ3n) is 4.20. The number of thiophene rings is 1. The van der Waals surface area contributed by atoms with E-state index in [2.05, 4.69) is 29.1 Å². The van der Waals surface area contributed by atoms with Gasteiger partial charge in [0.2, 0.25) is 5.91 Å². The number of aromatic nitrogens is 2. The number of rotatable bonds is 5. The summed E-state index contributed by atoms with van der Waals surface area (Å²) < 4.78 is 0. The molecular formula is C16H21N3OS2. The molecule has 1 atom stereocenters. The van der Waals surface area contributed by atoms with E-state index in [-0.39, 0.29) is 11.9 Å². The molecule has 0 aromatic carbocycles. The Morgan fingerprint density at radius 2 is 2.18 bits per heavy atom. The highest BCUT2D eigenvalue weighted by atomic mass is 32.2. The molecule has 1 N–H and O–H groups in total. The molecular weight excluding hydrogens is 314 g/mol. The lowest BCUT2D eigenvalue weighted by atomic mass is 10.1. The lowest BCUT2D eigenvalue weighted by Gasteiger charge is -2.17. The van der Waals surface area contributed by atoms with Gasteiger partial charge in [-0.05, 0) is 37.7 Å². The Balaban J connectivity index is 1.73. The highest BCUT2D eigenvalue weighted by Crippen LogP contribution is 2.39. The third-order valence-corrected chi connectivity index (χ3v) is 6.38. The van der Waals surface area contributed by atoms with Gasteiger partial charge in [0.15, 0.2) is 0 Å². The Kier molecular flexibility index (Phi) is 4.68. The van der Waals surface area contributed by atoms with Crippen LogP contribution in [-0.4, -0.2) is 27.7 Å². The van der Waals surface area contributed by atoms with E-state index in [1.54, 1.807) is 17.7 Å². The molecule has 0 aliphatic heterocycles. The quantitative estimate of drug-likeness (QED) is 0.672. The van der Waals surface area contributed by atoms with Crippen LogP contribution in [0.3, 0.4) is 0 Å². The summed E-state index contributed by atoms with van der Waals surface area (Å²) in [6, 6.07) is 0.198. The van der Waals surface area contributed by atoms with Crippen molar-refractivity contribution in [2.75, 3.05) is 5.75 Å². The summed E-state index contributed by atoms with van der Waals surface area (Å²) in [5.41, 5.74) is 1.42. The van der Waals surface area contributed by atoms with Gasteiger partial charge < -0.3 is 5.32 Å². The van der Waals surface area contributed by atoms with Crippen LogP contribution >= 0.6 is 23.1 Å². The maximum atomic E-state index is 12.1. The van der Waals surface area contributed by atoms with Gasteiger partial charge in [-0.15, -0.1) is 11.3 Å². The minimum absolute atomic E-state index is 0.0739. The maximum absolute atomic E-state index is 12.1. The Morgan fingerprint density at radius 1 is 1.36 bits per heavy atom. The number of carbonyl (C=O) groups excluding carboxylic acids is 1. The molecule has 0 fully saturated rings. The van der Waals surface area contributed by atoms with Crippen molar-refractivity contribution in [2.24, 2.45) is 5.92 Å². The molecule has 0 spiro atoms. The van der Waals surface area contributed by atoms with Gasteiger partial charge in [-0.1, -0.05) is 25.6 Å². The molecule has 4 nitrogen and oxygen atoms in total. The van der Waals surface area contributed by atoms with Crippen LogP contribution < -0.4 is 5.32 Å². The number of nitrogens with one attached hydrogen (secondary N) is 1. The Bertz CT molecular complexity index is 696. The zero-order chi connectivity index (χ0) is 15.7. The van der Waals surface area contributed by atoms with Crippen molar-refractivity contribution in [3.63, 3.8) is 0 Å². The Hall–Kier alpha value is -1.14. The van der Waals surface area contributed by atoms with Gasteiger partial charge in [-0.2, -0.15) is 0 Å². The van der Waals surface area contributed by atoms with Crippen LogP contribution in [0.1, 0.15) is 37.6 Å². The first kappa shape index (κ1) is 15.7. The van der Waals surface area contributed by atoms with Gasteiger partial charge >= 0.3 is 0 Å². The second-order valence-corrected chi connectivity index (χ2v) is 8.15. The van der Waals surface area contributed by atoms with Crippen LogP contribution in [0.25, 0.3) is 10.2 Å². The number of carbonyl (C=O) groups is 1. The van der Waals surface area contributed by atoms with Crippen molar-refractivity contribution in [3.8, 4) is 0 Å². The van der Waals surface area contributed by atoms with E-state index in [0.717, 1.165) is 22.7 Å². The zero-order valence-corrected chi connectivity index (χ0v) is 14.8. The van der Waals surface area contributed by atoms with Crippen LogP contribution in [0.5, 0.6) is 0 Å². The van der Waals surface area contributed by atoms with Crippen molar-refractivity contribution in [1.82, 2.24) is 15.3 Å². The fourth-order valence-corrected chi connectivity index (χ4v) is 4.74. The minimum atomic E-state index is 0.0739. The molecule has 1 aliphatic carbocycles. The molecule has 0 saturated carbocycles. The Labute approximate surface area is 139 Å². The normalized spacial score (nSPS) is 15.3. The van der Waals surface area contributed by atoms with E-state index < -0.39 is 0 Å². The van der Waals surface area contributed by atoms with E-state index >= 15 is 0 Å². The van der Waals surface area contributed by atoms with Gasteiger partial charge in [0.05, 0.1) is 5.75 Å². The summed E-state index contributed by atoms with van der Waals surface area (Å²) in [5, 5.41) is 5.19. The van der Waals surface area contributed by atoms with Crippen molar-refractivity contribution >= 4 is 39.2 Å². The van der Waals surface area contributed by atoms with Crippen LogP contribution in [0.2, 0.25) is 0 Å². The second-order valence-electron chi connectivity index (χ2n) is 6.11. The number of aryl methyl sites for hydroxylation is 2. The first-order valence-electron chi connectivity index (χ1n) is 7.73. The molecule has 118 valence electrons. The van der Waals surface area contributed by atoms with Gasteiger partial charge in [0, 0.05) is 16.3 Å². The molecule has 2 aromatic heterocycles. The lowest BCUT2D eigenvalue weighted by molar-refractivity contribution is -0.119. The van der Waals surface area contributed by atoms with Crippen LogP contribution in [0.4, 0.5) is 0 Å². The summed E-state index contributed by atoms with van der Waals surface area (Å²) in [4.78, 5) is 23.4. The van der Waals surface area contributed by atoms with Crippen LogP contribution in [-0.2, 0) is 17.6 Å². The SMILES string of the molecule is CC(C)[C@H](C)NC(=O)CSc1ncnc2sc3c(c12)CCC3. The van der Waals surface area contributed by atoms with Crippen LogP contribution in [0.15, 0.2) is 11.4 Å². The fraction of sp³-hybridized carbons (Fsp3) is 0.562. The zero-order valence-electron chi connectivity index (χ0n) is 13.2. The predicted octanol–water partition coefficient (Wildman–Crippen LogP) is 3.43. The highest BCUT2D eigenvalue weighted by molar-refractivity contribution is 8.00. The van der Waals surface area contributed by atoms with E-state index in [0.29, 0.717) is 11.7 Å². The van der Waals surface area contributed by atoms with E-state index in [9.17, 15) is 4.79 Å². The van der Waals surface area contributed by atoms with Crippen molar-refractivity contribution < 1.29 is 4.79 Å². The molecule has 22 heavy (non-hydrogen) atoms.